The van der Waals surface area contributed by atoms with Gasteiger partial charge in [-0.05, 0) is 29.8 Å². The average Bonchev–Trinajstić information content (AvgIpc) is 2.54. The maximum absolute atomic E-state index is 10.9. The molecule has 6 heteroatoms. The molecule has 2 aromatic carbocycles. The van der Waals surface area contributed by atoms with Crippen LogP contribution in [0.1, 0.15) is 12.0 Å². The molecule has 0 aliphatic heterocycles. The number of nitrogens with one attached hydrogen (secondary N) is 1. The number of halogens is 1. The van der Waals surface area contributed by atoms with Crippen molar-refractivity contribution in [1.82, 2.24) is 5.48 Å². The Balaban J connectivity index is 1.81. The SMILES string of the molecule is O=C(O)C[C@H](COc1ccc(Br)cc1)NOCc1ccccc1. The van der Waals surface area contributed by atoms with Crippen molar-refractivity contribution in [3.63, 3.8) is 0 Å². The third kappa shape index (κ3) is 6.81. The number of carboxylic acids is 1. The molecular formula is C17H18BrNO4. The van der Waals surface area contributed by atoms with Gasteiger partial charge >= 0.3 is 5.97 Å². The van der Waals surface area contributed by atoms with Crippen molar-refractivity contribution in [2.45, 2.75) is 19.1 Å². The topological polar surface area (TPSA) is 67.8 Å². The van der Waals surface area contributed by atoms with E-state index in [4.69, 9.17) is 14.7 Å². The lowest BCUT2D eigenvalue weighted by Gasteiger charge is -2.17. The number of benzene rings is 2. The van der Waals surface area contributed by atoms with E-state index in [0.29, 0.717) is 12.4 Å². The van der Waals surface area contributed by atoms with Crippen LogP contribution in [0.3, 0.4) is 0 Å². The Bertz CT molecular complexity index is 604. The van der Waals surface area contributed by atoms with Gasteiger partial charge in [0.05, 0.1) is 19.1 Å². The first-order valence-corrected chi connectivity index (χ1v) is 7.94. The summed E-state index contributed by atoms with van der Waals surface area (Å²) in [5.41, 5.74) is 3.77. The number of ether oxygens (including phenoxy) is 1. The summed E-state index contributed by atoms with van der Waals surface area (Å²) in [6.45, 7) is 0.554. The van der Waals surface area contributed by atoms with Crippen molar-refractivity contribution < 1.29 is 19.5 Å². The molecule has 2 N–H and O–H groups in total. The molecule has 2 aromatic rings. The van der Waals surface area contributed by atoms with Gasteiger partial charge in [0.2, 0.25) is 0 Å². The molecule has 0 fully saturated rings. The molecule has 23 heavy (non-hydrogen) atoms. The molecule has 122 valence electrons. The van der Waals surface area contributed by atoms with E-state index in [1.54, 1.807) is 0 Å². The number of hydroxylamine groups is 1. The lowest BCUT2D eigenvalue weighted by atomic mass is 10.2. The van der Waals surface area contributed by atoms with E-state index < -0.39 is 12.0 Å². The minimum atomic E-state index is -0.912. The quantitative estimate of drug-likeness (QED) is 0.653. The number of hydrogen-bond acceptors (Lipinski definition) is 4. The van der Waals surface area contributed by atoms with Crippen LogP contribution in [-0.2, 0) is 16.2 Å². The number of aliphatic carboxylic acids is 1. The van der Waals surface area contributed by atoms with Gasteiger partial charge in [-0.25, -0.2) is 0 Å². The summed E-state index contributed by atoms with van der Waals surface area (Å²) in [5.74, 6) is -0.237. The average molecular weight is 380 g/mol. The Kier molecular flexibility index (Phi) is 7.06. The van der Waals surface area contributed by atoms with Crippen LogP contribution in [0.25, 0.3) is 0 Å². The lowest BCUT2D eigenvalue weighted by molar-refractivity contribution is -0.139. The van der Waals surface area contributed by atoms with Gasteiger partial charge in [-0.3, -0.25) is 9.63 Å². The number of rotatable bonds is 9. The monoisotopic (exact) mass is 379 g/mol. The predicted molar refractivity (Wildman–Crippen MR) is 90.0 cm³/mol. The summed E-state index contributed by atoms with van der Waals surface area (Å²) in [6, 6.07) is 16.5. The summed E-state index contributed by atoms with van der Waals surface area (Å²) in [6.07, 6.45) is -0.0919. The molecule has 0 radical (unpaired) electrons. The van der Waals surface area contributed by atoms with Crippen molar-refractivity contribution in [2.75, 3.05) is 6.61 Å². The van der Waals surface area contributed by atoms with Gasteiger partial charge in [0.15, 0.2) is 0 Å². The molecule has 0 bridgehead atoms. The molecule has 0 unspecified atom stereocenters. The van der Waals surface area contributed by atoms with Crippen molar-refractivity contribution in [1.29, 1.82) is 0 Å². The van der Waals surface area contributed by atoms with E-state index in [0.717, 1.165) is 10.0 Å². The zero-order valence-electron chi connectivity index (χ0n) is 12.4. The standard InChI is InChI=1S/C17H18BrNO4/c18-14-6-8-16(9-7-14)22-12-15(10-17(20)21)19-23-11-13-4-2-1-3-5-13/h1-9,15,19H,10-12H2,(H,20,21)/t15-/m1/s1. The Morgan fingerprint density at radius 3 is 2.48 bits per heavy atom. The van der Waals surface area contributed by atoms with Gasteiger partial charge in [-0.2, -0.15) is 5.48 Å². The zero-order chi connectivity index (χ0) is 16.5. The van der Waals surface area contributed by atoms with Crippen molar-refractivity contribution >= 4 is 21.9 Å². The molecule has 0 saturated carbocycles. The molecule has 0 aromatic heterocycles. The summed E-state index contributed by atoms with van der Waals surface area (Å²) >= 11 is 3.35. The highest BCUT2D eigenvalue weighted by Gasteiger charge is 2.14. The van der Waals surface area contributed by atoms with E-state index >= 15 is 0 Å². The van der Waals surface area contributed by atoms with Crippen LogP contribution in [0.2, 0.25) is 0 Å². The van der Waals surface area contributed by atoms with Crippen LogP contribution in [0, 0.1) is 0 Å². The lowest BCUT2D eigenvalue weighted by Crippen LogP contribution is -2.36. The van der Waals surface area contributed by atoms with E-state index in [9.17, 15) is 4.79 Å². The highest BCUT2D eigenvalue weighted by atomic mass is 79.9. The van der Waals surface area contributed by atoms with E-state index in [1.165, 1.54) is 0 Å². The number of hydrogen-bond donors (Lipinski definition) is 2. The van der Waals surface area contributed by atoms with Crippen LogP contribution in [-0.4, -0.2) is 23.7 Å². The fourth-order valence-corrected chi connectivity index (χ4v) is 2.15. The molecule has 0 amide bonds. The third-order valence-corrected chi connectivity index (χ3v) is 3.55. The van der Waals surface area contributed by atoms with Crippen LogP contribution in [0.4, 0.5) is 0 Å². The third-order valence-electron chi connectivity index (χ3n) is 3.02. The first-order valence-electron chi connectivity index (χ1n) is 7.15. The van der Waals surface area contributed by atoms with Gasteiger partial charge in [0, 0.05) is 4.47 Å². The summed E-state index contributed by atoms with van der Waals surface area (Å²) in [7, 11) is 0. The van der Waals surface area contributed by atoms with Gasteiger partial charge in [0.25, 0.3) is 0 Å². The smallest absolute Gasteiger partial charge is 0.305 e. The highest BCUT2D eigenvalue weighted by Crippen LogP contribution is 2.16. The predicted octanol–water partition coefficient (Wildman–Crippen LogP) is 3.39. The summed E-state index contributed by atoms with van der Waals surface area (Å²) in [5, 5.41) is 8.98. The largest absolute Gasteiger partial charge is 0.492 e. The van der Waals surface area contributed by atoms with Crippen LogP contribution < -0.4 is 10.2 Å². The van der Waals surface area contributed by atoms with Crippen molar-refractivity contribution in [3.8, 4) is 5.75 Å². The second-order valence-corrected chi connectivity index (χ2v) is 5.87. The fourth-order valence-electron chi connectivity index (χ4n) is 1.89. The molecule has 0 saturated heterocycles. The Labute approximate surface area is 143 Å². The highest BCUT2D eigenvalue weighted by molar-refractivity contribution is 9.10. The molecule has 0 spiro atoms. The normalized spacial score (nSPS) is 11.9. The second kappa shape index (κ2) is 9.29. The molecule has 5 nitrogen and oxygen atoms in total. The maximum atomic E-state index is 10.9. The minimum absolute atomic E-state index is 0.0919. The van der Waals surface area contributed by atoms with Gasteiger partial charge < -0.3 is 9.84 Å². The Hall–Kier alpha value is -1.89. The van der Waals surface area contributed by atoms with Gasteiger partial charge in [-0.15, -0.1) is 0 Å². The Morgan fingerprint density at radius 2 is 1.83 bits per heavy atom. The molecule has 0 aliphatic carbocycles. The minimum Gasteiger partial charge on any atom is -0.492 e. The van der Waals surface area contributed by atoms with Crippen molar-refractivity contribution in [2.24, 2.45) is 0 Å². The van der Waals surface area contributed by atoms with Crippen LogP contribution in [0.5, 0.6) is 5.75 Å². The molecule has 0 aliphatic rings. The van der Waals surface area contributed by atoms with Crippen LogP contribution >= 0.6 is 15.9 Å². The van der Waals surface area contributed by atoms with E-state index in [2.05, 4.69) is 21.4 Å². The zero-order valence-corrected chi connectivity index (χ0v) is 14.0. The van der Waals surface area contributed by atoms with Crippen LogP contribution in [0.15, 0.2) is 59.1 Å². The first-order chi connectivity index (χ1) is 11.1. The van der Waals surface area contributed by atoms with E-state index in [-0.39, 0.29) is 13.0 Å². The molecule has 1 atom stereocenters. The summed E-state index contributed by atoms with van der Waals surface area (Å²) in [4.78, 5) is 16.3. The fraction of sp³-hybridized carbons (Fsp3) is 0.235. The Morgan fingerprint density at radius 1 is 1.13 bits per heavy atom. The first kappa shape index (κ1) is 17.5. The van der Waals surface area contributed by atoms with Crippen molar-refractivity contribution in [3.05, 3.63) is 64.6 Å². The van der Waals surface area contributed by atoms with Gasteiger partial charge in [-0.1, -0.05) is 46.3 Å². The molecular weight excluding hydrogens is 362 g/mol. The number of carbonyl (C=O) groups is 1. The number of carboxylic acid groups (broad SMARTS) is 1. The molecule has 2 rings (SSSR count). The second-order valence-electron chi connectivity index (χ2n) is 4.95. The summed E-state index contributed by atoms with van der Waals surface area (Å²) < 4.78 is 6.55. The molecule has 0 heterocycles. The van der Waals surface area contributed by atoms with E-state index in [1.807, 2.05) is 54.6 Å². The maximum Gasteiger partial charge on any atom is 0.305 e. The van der Waals surface area contributed by atoms with Gasteiger partial charge in [0.1, 0.15) is 12.4 Å².